The summed E-state index contributed by atoms with van der Waals surface area (Å²) in [5.41, 5.74) is 7.16. The minimum absolute atomic E-state index is 0.891. The van der Waals surface area contributed by atoms with Gasteiger partial charge in [-0.05, 0) is 74.6 Å². The number of hydrogen-bond acceptors (Lipinski definition) is 2. The normalized spacial score (nSPS) is 11.6. The molecule has 0 spiro atoms. The average molecular weight is 775 g/mol. The molecule has 0 saturated carbocycles. The molecule has 0 aromatic heterocycles. The Morgan fingerprint density at radius 3 is 1.05 bits per heavy atom. The minimum atomic E-state index is 0.891. The molecule has 0 aliphatic rings. The minimum Gasteiger partial charge on any atom is -0.251 e. The van der Waals surface area contributed by atoms with E-state index in [4.69, 9.17) is 9.98 Å². The van der Waals surface area contributed by atoms with Crippen molar-refractivity contribution in [2.24, 2.45) is 9.98 Å². The fraction of sp³-hybridized carbons (Fsp3) is 0.673. The molecule has 0 amide bonds. The molecular formula is C55H86N2. The van der Waals surface area contributed by atoms with Gasteiger partial charge in [-0.2, -0.15) is 0 Å². The molecule has 0 unspecified atom stereocenters. The number of nitrogens with zero attached hydrogens (tertiary/aromatic N) is 2. The van der Waals surface area contributed by atoms with E-state index in [1.54, 1.807) is 0 Å². The van der Waals surface area contributed by atoms with E-state index in [2.05, 4.69) is 99.9 Å². The lowest BCUT2D eigenvalue weighted by Crippen LogP contribution is -2.15. The maximum absolute atomic E-state index is 5.50. The Bertz CT molecular complexity index is 1440. The van der Waals surface area contributed by atoms with Crippen LogP contribution >= 0.6 is 0 Å². The molecule has 0 aliphatic heterocycles. The number of hydrogen-bond donors (Lipinski definition) is 0. The van der Waals surface area contributed by atoms with Gasteiger partial charge in [0.1, 0.15) is 0 Å². The first-order valence-electron chi connectivity index (χ1n) is 24.5. The standard InChI is InChI=1S/C55H86N2/c1-5-9-13-16-18-20-22-24-26-28-30-32-35-42-50-44-38-40-46-52(50)56-54(48-34-12-8-4)55(49-37-15-11-7-3)57-53-47-41-39-45-51(53)43-36-33-31-29-27-25-23-21-19-17-14-10-6-2/h38-41,44-47H,5-29,34-37,42-43,48-49H2,1-4H3. The Kier molecular flexibility index (Phi) is 32.7. The zero-order valence-electron chi connectivity index (χ0n) is 37.8. The first-order chi connectivity index (χ1) is 28.2. The number of aliphatic imine (C=N–C) groups is 2. The molecule has 2 aromatic carbocycles. The van der Waals surface area contributed by atoms with E-state index in [0.29, 0.717) is 0 Å². The molecule has 2 aromatic rings. The maximum Gasteiger partial charge on any atom is 0.0666 e. The van der Waals surface area contributed by atoms with Crippen molar-refractivity contribution in [3.05, 3.63) is 59.7 Å². The van der Waals surface area contributed by atoms with Crippen LogP contribution in [0.15, 0.2) is 58.5 Å². The number of para-hydroxylation sites is 2. The molecule has 0 bridgehead atoms. The predicted molar refractivity (Wildman–Crippen MR) is 256 cm³/mol. The highest BCUT2D eigenvalue weighted by molar-refractivity contribution is 6.43. The molecule has 2 heteroatoms. The number of aryl methyl sites for hydroxylation is 2. The first-order valence-corrected chi connectivity index (χ1v) is 24.5. The van der Waals surface area contributed by atoms with E-state index in [9.17, 15) is 0 Å². The van der Waals surface area contributed by atoms with E-state index in [1.807, 2.05) is 0 Å². The Balaban J connectivity index is 2.11. The smallest absolute Gasteiger partial charge is 0.0666 e. The van der Waals surface area contributed by atoms with Crippen molar-refractivity contribution in [1.29, 1.82) is 0 Å². The first kappa shape index (κ1) is 50.0. The van der Waals surface area contributed by atoms with Gasteiger partial charge in [0.15, 0.2) is 0 Å². The number of rotatable bonds is 34. The second kappa shape index (κ2) is 37.2. The topological polar surface area (TPSA) is 24.7 Å². The quantitative estimate of drug-likeness (QED) is 0.0384. The van der Waals surface area contributed by atoms with E-state index in [0.717, 1.165) is 75.6 Å². The molecule has 2 rings (SSSR count). The molecular weight excluding hydrogens is 689 g/mol. The molecule has 57 heavy (non-hydrogen) atoms. The van der Waals surface area contributed by atoms with Gasteiger partial charge in [0.05, 0.1) is 22.8 Å². The monoisotopic (exact) mass is 775 g/mol. The fourth-order valence-corrected chi connectivity index (χ4v) is 7.54. The second-order valence-electron chi connectivity index (χ2n) is 16.5. The van der Waals surface area contributed by atoms with Crippen LogP contribution in [-0.2, 0) is 12.8 Å². The van der Waals surface area contributed by atoms with Gasteiger partial charge >= 0.3 is 0 Å². The van der Waals surface area contributed by atoms with Crippen LogP contribution in [0.1, 0.15) is 238 Å². The van der Waals surface area contributed by atoms with Gasteiger partial charge in [-0.1, -0.05) is 199 Å². The Morgan fingerprint density at radius 1 is 0.351 bits per heavy atom. The molecule has 0 N–H and O–H groups in total. The Morgan fingerprint density at radius 2 is 0.649 bits per heavy atom. The van der Waals surface area contributed by atoms with Gasteiger partial charge in [0, 0.05) is 25.7 Å². The molecule has 0 aliphatic carbocycles. The van der Waals surface area contributed by atoms with Gasteiger partial charge in [-0.15, -0.1) is 23.7 Å². The van der Waals surface area contributed by atoms with Crippen LogP contribution in [0.4, 0.5) is 11.4 Å². The number of unbranched alkanes of at least 4 members (excludes halogenated alkanes) is 23. The van der Waals surface area contributed by atoms with Crippen LogP contribution < -0.4 is 0 Å². The SMILES string of the molecule is CCCCCCCCCCCC#CCCc1ccccc1N=C(CCCCC)C(CCCCCC)=Nc1ccccc1CCC#CCCCCCCCCCCC. The third-order valence-corrected chi connectivity index (χ3v) is 11.2. The molecule has 316 valence electrons. The van der Waals surface area contributed by atoms with Crippen LogP contribution in [0.2, 0.25) is 0 Å². The fourth-order valence-electron chi connectivity index (χ4n) is 7.54. The van der Waals surface area contributed by atoms with Gasteiger partial charge in [0.2, 0.25) is 0 Å². The van der Waals surface area contributed by atoms with Gasteiger partial charge in [0.25, 0.3) is 0 Å². The molecule has 0 heterocycles. The van der Waals surface area contributed by atoms with Crippen LogP contribution in [-0.4, -0.2) is 11.4 Å². The van der Waals surface area contributed by atoms with Crippen molar-refractivity contribution in [3.63, 3.8) is 0 Å². The molecule has 0 saturated heterocycles. The van der Waals surface area contributed by atoms with E-state index < -0.39 is 0 Å². The third-order valence-electron chi connectivity index (χ3n) is 11.2. The summed E-state index contributed by atoms with van der Waals surface area (Å²) in [7, 11) is 0. The van der Waals surface area contributed by atoms with Crippen molar-refractivity contribution in [1.82, 2.24) is 0 Å². The highest BCUT2D eigenvalue weighted by Crippen LogP contribution is 2.26. The van der Waals surface area contributed by atoms with Crippen molar-refractivity contribution >= 4 is 22.8 Å². The molecule has 0 fully saturated rings. The number of benzene rings is 2. The summed E-state index contributed by atoms with van der Waals surface area (Å²) in [5, 5.41) is 0. The second-order valence-corrected chi connectivity index (χ2v) is 16.5. The molecule has 0 radical (unpaired) electrons. The largest absolute Gasteiger partial charge is 0.251 e. The van der Waals surface area contributed by atoms with E-state index in [1.165, 1.54) is 170 Å². The molecule has 2 nitrogen and oxygen atoms in total. The summed E-state index contributed by atoms with van der Waals surface area (Å²) in [4.78, 5) is 11.0. The van der Waals surface area contributed by atoms with Crippen LogP contribution in [0.5, 0.6) is 0 Å². The lowest BCUT2D eigenvalue weighted by molar-refractivity contribution is 0.567. The van der Waals surface area contributed by atoms with Crippen LogP contribution in [0.3, 0.4) is 0 Å². The average Bonchev–Trinajstić information content (AvgIpc) is 3.23. The van der Waals surface area contributed by atoms with Crippen LogP contribution in [0.25, 0.3) is 0 Å². The summed E-state index contributed by atoms with van der Waals surface area (Å²) in [6, 6.07) is 17.6. The predicted octanol–water partition coefficient (Wildman–Crippen LogP) is 17.8. The maximum atomic E-state index is 5.50. The highest BCUT2D eigenvalue weighted by Gasteiger charge is 2.13. The van der Waals surface area contributed by atoms with Gasteiger partial charge in [-0.3, -0.25) is 9.98 Å². The lowest BCUT2D eigenvalue weighted by Gasteiger charge is -2.14. The lowest BCUT2D eigenvalue weighted by atomic mass is 10.00. The zero-order chi connectivity index (χ0) is 40.7. The van der Waals surface area contributed by atoms with Crippen molar-refractivity contribution < 1.29 is 0 Å². The van der Waals surface area contributed by atoms with Crippen molar-refractivity contribution in [3.8, 4) is 23.7 Å². The Hall–Kier alpha value is -3.10. The van der Waals surface area contributed by atoms with Crippen molar-refractivity contribution in [2.45, 2.75) is 240 Å². The summed E-state index contributed by atoms with van der Waals surface area (Å²) in [5.74, 6) is 14.0. The van der Waals surface area contributed by atoms with Crippen LogP contribution in [0, 0.1) is 23.7 Å². The summed E-state index contributed by atoms with van der Waals surface area (Å²) < 4.78 is 0. The van der Waals surface area contributed by atoms with Gasteiger partial charge in [-0.25, -0.2) is 0 Å². The van der Waals surface area contributed by atoms with E-state index in [-0.39, 0.29) is 0 Å². The highest BCUT2D eigenvalue weighted by atomic mass is 14.8. The summed E-state index contributed by atoms with van der Waals surface area (Å²) in [6.45, 7) is 9.17. The molecule has 0 atom stereocenters. The summed E-state index contributed by atoms with van der Waals surface area (Å²) in [6.07, 6.45) is 40.7. The van der Waals surface area contributed by atoms with E-state index >= 15 is 0 Å². The zero-order valence-corrected chi connectivity index (χ0v) is 37.8. The summed E-state index contributed by atoms with van der Waals surface area (Å²) >= 11 is 0. The van der Waals surface area contributed by atoms with Crippen molar-refractivity contribution in [2.75, 3.05) is 0 Å². The Labute approximate surface area is 354 Å². The third kappa shape index (κ3) is 26.5. The van der Waals surface area contributed by atoms with Gasteiger partial charge < -0.3 is 0 Å².